The molecule has 7 heteroatoms. The van der Waals surface area contributed by atoms with E-state index in [2.05, 4.69) is 5.32 Å². The van der Waals surface area contributed by atoms with Crippen LogP contribution < -0.4 is 10.1 Å². The van der Waals surface area contributed by atoms with Crippen molar-refractivity contribution in [3.05, 3.63) is 59.1 Å². The maximum absolute atomic E-state index is 12.5. The third-order valence-electron chi connectivity index (χ3n) is 4.98. The van der Waals surface area contributed by atoms with E-state index in [0.717, 1.165) is 5.56 Å². The number of hydrogen-bond donors (Lipinski definition) is 2. The molecule has 0 aliphatic carbocycles. The number of halogens is 1. The number of hydrogen-bond acceptors (Lipinski definition) is 4. The molecule has 1 unspecified atom stereocenters. The average molecular weight is 417 g/mol. The number of likely N-dealkylation sites (tertiary alicyclic amines) is 1. The lowest BCUT2D eigenvalue weighted by Crippen LogP contribution is -2.49. The number of amides is 2. The lowest BCUT2D eigenvalue weighted by molar-refractivity contribution is -0.132. The summed E-state index contributed by atoms with van der Waals surface area (Å²) < 4.78 is 5.61. The summed E-state index contributed by atoms with van der Waals surface area (Å²) in [7, 11) is 0. The third kappa shape index (κ3) is 6.12. The Morgan fingerprint density at radius 1 is 1.14 bits per heavy atom. The van der Waals surface area contributed by atoms with Crippen LogP contribution in [0.4, 0.5) is 0 Å². The van der Waals surface area contributed by atoms with Crippen LogP contribution in [0.15, 0.2) is 48.5 Å². The molecule has 1 atom stereocenters. The Kier molecular flexibility index (Phi) is 6.99. The van der Waals surface area contributed by atoms with E-state index >= 15 is 0 Å². The topological polar surface area (TPSA) is 78.9 Å². The molecule has 1 fully saturated rings. The van der Waals surface area contributed by atoms with Crippen molar-refractivity contribution in [2.24, 2.45) is 0 Å². The molecule has 1 aliphatic heterocycles. The van der Waals surface area contributed by atoms with Gasteiger partial charge in [-0.2, -0.15) is 0 Å². The van der Waals surface area contributed by atoms with Crippen LogP contribution in [0.25, 0.3) is 0 Å². The van der Waals surface area contributed by atoms with Crippen LogP contribution in [0.3, 0.4) is 0 Å². The molecule has 1 heterocycles. The molecule has 29 heavy (non-hydrogen) atoms. The fourth-order valence-corrected chi connectivity index (χ4v) is 3.39. The highest BCUT2D eigenvalue weighted by Crippen LogP contribution is 2.18. The van der Waals surface area contributed by atoms with Crippen molar-refractivity contribution < 1.29 is 19.4 Å². The second-order valence-electron chi connectivity index (χ2n) is 7.22. The van der Waals surface area contributed by atoms with Gasteiger partial charge in [-0.15, -0.1) is 0 Å². The van der Waals surface area contributed by atoms with E-state index in [-0.39, 0.29) is 23.6 Å². The van der Waals surface area contributed by atoms with Crippen molar-refractivity contribution in [2.75, 3.05) is 13.1 Å². The first-order chi connectivity index (χ1) is 13.9. The average Bonchev–Trinajstić information content (AvgIpc) is 2.72. The summed E-state index contributed by atoms with van der Waals surface area (Å²) in [5.74, 6) is 0.560. The summed E-state index contributed by atoms with van der Waals surface area (Å²) in [6.45, 7) is 2.92. The Morgan fingerprint density at radius 3 is 2.38 bits per heavy atom. The highest BCUT2D eigenvalue weighted by Gasteiger charge is 2.25. The minimum absolute atomic E-state index is 0.0212. The predicted molar refractivity (Wildman–Crippen MR) is 111 cm³/mol. The molecule has 2 N–H and O–H groups in total. The van der Waals surface area contributed by atoms with Crippen LogP contribution in [0, 0.1) is 0 Å². The number of benzene rings is 2. The zero-order chi connectivity index (χ0) is 20.8. The summed E-state index contributed by atoms with van der Waals surface area (Å²) >= 11 is 5.88. The highest BCUT2D eigenvalue weighted by atomic mass is 35.5. The Bertz CT molecular complexity index is 831. The second kappa shape index (κ2) is 9.65. The van der Waals surface area contributed by atoms with Gasteiger partial charge in [0.25, 0.3) is 5.91 Å². The van der Waals surface area contributed by atoms with E-state index in [0.29, 0.717) is 43.1 Å². The number of phenolic OH excluding ortho intramolecular Hbond substituents is 1. The number of nitrogens with one attached hydrogen (secondary N) is 1. The van der Waals surface area contributed by atoms with Crippen LogP contribution in [0.5, 0.6) is 11.5 Å². The van der Waals surface area contributed by atoms with Crippen LogP contribution in [-0.4, -0.2) is 47.1 Å². The number of ether oxygens (including phenoxy) is 1. The van der Waals surface area contributed by atoms with Crippen LogP contribution in [-0.2, 0) is 16.0 Å². The smallest absolute Gasteiger partial charge is 0.260 e. The van der Waals surface area contributed by atoms with E-state index in [4.69, 9.17) is 16.3 Å². The van der Waals surface area contributed by atoms with Gasteiger partial charge in [0.1, 0.15) is 11.5 Å². The summed E-state index contributed by atoms with van der Waals surface area (Å²) in [5.41, 5.74) is 0.940. The standard InChI is InChI=1S/C22H25ClN2O4/c1-15(29-20-8-6-19(26)7-9-20)22(28)24-18-10-12-25(13-11-18)21(27)14-16-2-4-17(23)5-3-16/h2-9,15,18,26H,10-14H2,1H3,(H,24,28). The molecule has 0 saturated carbocycles. The summed E-state index contributed by atoms with van der Waals surface area (Å²) in [6, 6.07) is 13.6. The van der Waals surface area contributed by atoms with Gasteiger partial charge in [-0.1, -0.05) is 23.7 Å². The van der Waals surface area contributed by atoms with E-state index < -0.39 is 6.10 Å². The minimum atomic E-state index is -0.649. The van der Waals surface area contributed by atoms with Gasteiger partial charge in [0.05, 0.1) is 6.42 Å². The van der Waals surface area contributed by atoms with Gasteiger partial charge in [-0.05, 0) is 61.7 Å². The number of piperidine rings is 1. The monoisotopic (exact) mass is 416 g/mol. The normalized spacial score (nSPS) is 15.6. The molecule has 6 nitrogen and oxygen atoms in total. The quantitative estimate of drug-likeness (QED) is 0.758. The molecule has 2 amide bonds. The lowest BCUT2D eigenvalue weighted by Gasteiger charge is -2.33. The van der Waals surface area contributed by atoms with Crippen LogP contribution in [0.1, 0.15) is 25.3 Å². The molecule has 0 radical (unpaired) electrons. The zero-order valence-corrected chi connectivity index (χ0v) is 17.1. The van der Waals surface area contributed by atoms with Gasteiger partial charge in [0.2, 0.25) is 5.91 Å². The molecule has 0 aromatic heterocycles. The van der Waals surface area contributed by atoms with Gasteiger partial charge in [-0.3, -0.25) is 9.59 Å². The Labute approximate surface area is 175 Å². The van der Waals surface area contributed by atoms with Crippen molar-refractivity contribution in [1.82, 2.24) is 10.2 Å². The summed E-state index contributed by atoms with van der Waals surface area (Å²) in [4.78, 5) is 26.7. The van der Waals surface area contributed by atoms with Crippen molar-refractivity contribution >= 4 is 23.4 Å². The van der Waals surface area contributed by atoms with Crippen LogP contribution >= 0.6 is 11.6 Å². The molecule has 2 aromatic carbocycles. The van der Waals surface area contributed by atoms with E-state index in [1.54, 1.807) is 31.2 Å². The number of rotatable bonds is 6. The minimum Gasteiger partial charge on any atom is -0.508 e. The number of phenols is 1. The Balaban J connectivity index is 1.42. The molecular formula is C22H25ClN2O4. The first-order valence-corrected chi connectivity index (χ1v) is 10.1. The molecule has 1 aliphatic rings. The van der Waals surface area contributed by atoms with Gasteiger partial charge in [-0.25, -0.2) is 0 Å². The molecule has 0 bridgehead atoms. The van der Waals surface area contributed by atoms with E-state index in [1.807, 2.05) is 17.0 Å². The van der Waals surface area contributed by atoms with Gasteiger partial charge in [0.15, 0.2) is 6.10 Å². The number of carbonyl (C=O) groups excluding carboxylic acids is 2. The van der Waals surface area contributed by atoms with E-state index in [1.165, 1.54) is 12.1 Å². The van der Waals surface area contributed by atoms with Crippen molar-refractivity contribution in [2.45, 2.75) is 38.3 Å². The fourth-order valence-electron chi connectivity index (χ4n) is 3.26. The largest absolute Gasteiger partial charge is 0.508 e. The summed E-state index contributed by atoms with van der Waals surface area (Å²) in [5, 5.41) is 13.0. The van der Waals surface area contributed by atoms with Gasteiger partial charge >= 0.3 is 0 Å². The van der Waals surface area contributed by atoms with Gasteiger partial charge < -0.3 is 20.1 Å². The Morgan fingerprint density at radius 2 is 1.76 bits per heavy atom. The lowest BCUT2D eigenvalue weighted by atomic mass is 10.0. The van der Waals surface area contributed by atoms with Crippen molar-refractivity contribution in [1.29, 1.82) is 0 Å². The number of carbonyl (C=O) groups is 2. The fraction of sp³-hybridized carbons (Fsp3) is 0.364. The molecule has 1 saturated heterocycles. The summed E-state index contributed by atoms with van der Waals surface area (Å²) in [6.07, 6.45) is 1.13. The van der Waals surface area contributed by atoms with Crippen molar-refractivity contribution in [3.63, 3.8) is 0 Å². The highest BCUT2D eigenvalue weighted by molar-refractivity contribution is 6.30. The molecule has 154 valence electrons. The molecule has 2 aromatic rings. The zero-order valence-electron chi connectivity index (χ0n) is 16.3. The maximum Gasteiger partial charge on any atom is 0.260 e. The first-order valence-electron chi connectivity index (χ1n) is 9.69. The maximum atomic E-state index is 12.5. The predicted octanol–water partition coefficient (Wildman–Crippen LogP) is 3.16. The number of nitrogens with zero attached hydrogens (tertiary/aromatic N) is 1. The molecule has 0 spiro atoms. The Hall–Kier alpha value is -2.73. The van der Waals surface area contributed by atoms with Crippen molar-refractivity contribution in [3.8, 4) is 11.5 Å². The molecule has 3 rings (SSSR count). The second-order valence-corrected chi connectivity index (χ2v) is 7.66. The molecular weight excluding hydrogens is 392 g/mol. The SMILES string of the molecule is CC(Oc1ccc(O)cc1)C(=O)NC1CCN(C(=O)Cc2ccc(Cl)cc2)CC1. The number of aromatic hydroxyl groups is 1. The first kappa shape index (κ1) is 21.0. The van der Waals surface area contributed by atoms with E-state index in [9.17, 15) is 14.7 Å². The van der Waals surface area contributed by atoms with Crippen LogP contribution in [0.2, 0.25) is 5.02 Å². The van der Waals surface area contributed by atoms with Gasteiger partial charge in [0, 0.05) is 24.2 Å². The third-order valence-corrected chi connectivity index (χ3v) is 5.23.